The first-order valence-electron chi connectivity index (χ1n) is 4.03. The molecule has 17 heavy (non-hydrogen) atoms. The molecule has 0 aliphatic rings. The molecule has 2 nitrogen and oxygen atoms in total. The molecule has 1 rings (SSSR count). The highest BCUT2D eigenvalue weighted by Crippen LogP contribution is 2.36. The maximum atomic E-state index is 12.1. The maximum absolute atomic E-state index is 12.1. The van der Waals surface area contributed by atoms with Gasteiger partial charge in [0.05, 0.1) is 0 Å². The van der Waals surface area contributed by atoms with Gasteiger partial charge in [-0.3, -0.25) is 0 Å². The second-order valence-electron chi connectivity index (χ2n) is 2.88. The minimum Gasteiger partial charge on any atom is -0.455 e. The van der Waals surface area contributed by atoms with Crippen LogP contribution in [0, 0.1) is 0 Å². The van der Waals surface area contributed by atoms with E-state index in [1.54, 1.807) is 0 Å². The molecule has 0 unspecified atom stereocenters. The molecule has 0 radical (unpaired) electrons. The lowest BCUT2D eigenvalue weighted by Gasteiger charge is -2.23. The van der Waals surface area contributed by atoms with Crippen molar-refractivity contribution in [3.05, 3.63) is 23.4 Å². The van der Waals surface area contributed by atoms with Crippen molar-refractivity contribution in [1.29, 1.82) is 0 Å². The summed E-state index contributed by atoms with van der Waals surface area (Å²) in [6, 6.07) is 3.15. The van der Waals surface area contributed by atoms with E-state index in [2.05, 4.69) is 9.72 Å². The lowest BCUT2D eigenvalue weighted by Crippen LogP contribution is -2.46. The van der Waals surface area contributed by atoms with Crippen molar-refractivity contribution in [2.75, 3.05) is 0 Å². The molecule has 1 heterocycles. The quantitative estimate of drug-likeness (QED) is 0.609. The van der Waals surface area contributed by atoms with E-state index in [0.29, 0.717) is 0 Å². The summed E-state index contributed by atoms with van der Waals surface area (Å²) >= 11 is 5.30. The highest BCUT2D eigenvalue weighted by Gasteiger charge is 2.59. The second-order valence-corrected chi connectivity index (χ2v) is 3.27. The van der Waals surface area contributed by atoms with Crippen LogP contribution in [-0.2, 0) is 0 Å². The summed E-state index contributed by atoms with van der Waals surface area (Å²) in [7, 11) is 0. The van der Waals surface area contributed by atoms with Crippen LogP contribution in [0.15, 0.2) is 18.2 Å². The van der Waals surface area contributed by atoms with Gasteiger partial charge in [0.15, 0.2) is 0 Å². The molecule has 0 amide bonds. The van der Waals surface area contributed by atoms with Gasteiger partial charge in [-0.15, -0.1) is 0 Å². The number of pyridine rings is 1. The predicted molar refractivity (Wildman–Crippen MR) is 45.8 cm³/mol. The normalized spacial score (nSPS) is 12.9. The number of halogens is 7. The maximum Gasteiger partial charge on any atom is 0.434 e. The molecule has 0 fully saturated rings. The molecule has 0 N–H and O–H groups in total. The standard InChI is InChI=1S/C8H4ClF6NO/c9-4-2-1-3-5(16-4)17-6(7(10,11)12)8(13,14)15/h1-3,6H. The van der Waals surface area contributed by atoms with E-state index < -0.39 is 24.3 Å². The zero-order valence-electron chi connectivity index (χ0n) is 7.81. The number of hydrogen-bond donors (Lipinski definition) is 0. The van der Waals surface area contributed by atoms with Crippen molar-refractivity contribution >= 4 is 11.6 Å². The average Bonchev–Trinajstić information content (AvgIpc) is 2.10. The van der Waals surface area contributed by atoms with Crippen molar-refractivity contribution in [3.8, 4) is 5.88 Å². The third kappa shape index (κ3) is 3.95. The predicted octanol–water partition coefficient (Wildman–Crippen LogP) is 3.61. The van der Waals surface area contributed by atoms with Gasteiger partial charge in [-0.05, 0) is 6.07 Å². The van der Waals surface area contributed by atoms with Gasteiger partial charge in [0.1, 0.15) is 5.15 Å². The zero-order valence-corrected chi connectivity index (χ0v) is 8.57. The fourth-order valence-corrected chi connectivity index (χ4v) is 1.05. The van der Waals surface area contributed by atoms with Crippen LogP contribution in [0.5, 0.6) is 5.88 Å². The van der Waals surface area contributed by atoms with E-state index in [9.17, 15) is 26.3 Å². The molecular formula is C8H4ClF6NO. The first kappa shape index (κ1) is 13.9. The molecule has 1 aromatic heterocycles. The SMILES string of the molecule is FC(F)(F)C(Oc1cccc(Cl)n1)C(F)(F)F. The Morgan fingerprint density at radius 2 is 1.59 bits per heavy atom. The van der Waals surface area contributed by atoms with Crippen molar-refractivity contribution in [3.63, 3.8) is 0 Å². The van der Waals surface area contributed by atoms with Crippen LogP contribution < -0.4 is 4.74 Å². The van der Waals surface area contributed by atoms with Gasteiger partial charge in [0, 0.05) is 6.07 Å². The van der Waals surface area contributed by atoms with Crippen molar-refractivity contribution in [2.45, 2.75) is 18.5 Å². The highest BCUT2D eigenvalue weighted by atomic mass is 35.5. The first-order valence-corrected chi connectivity index (χ1v) is 4.41. The Hall–Kier alpha value is -1.18. The van der Waals surface area contributed by atoms with E-state index >= 15 is 0 Å². The molecule has 0 aromatic carbocycles. The van der Waals surface area contributed by atoms with Gasteiger partial charge in [-0.1, -0.05) is 17.7 Å². The molecule has 96 valence electrons. The molecule has 0 saturated heterocycles. The fourth-order valence-electron chi connectivity index (χ4n) is 0.895. The summed E-state index contributed by atoms with van der Waals surface area (Å²) in [6.07, 6.45) is -15.1. The average molecular weight is 280 g/mol. The van der Waals surface area contributed by atoms with Gasteiger partial charge in [0.2, 0.25) is 5.88 Å². The van der Waals surface area contributed by atoms with Crippen LogP contribution in [0.2, 0.25) is 5.15 Å². The Labute approximate surface area is 96.2 Å². The van der Waals surface area contributed by atoms with E-state index in [4.69, 9.17) is 11.6 Å². The molecule has 0 aliphatic heterocycles. The van der Waals surface area contributed by atoms with Crippen molar-refractivity contribution in [1.82, 2.24) is 4.98 Å². The third-order valence-electron chi connectivity index (χ3n) is 1.52. The summed E-state index contributed by atoms with van der Waals surface area (Å²) in [6.45, 7) is 0. The molecule has 0 spiro atoms. The summed E-state index contributed by atoms with van der Waals surface area (Å²) in [5, 5.41) is -0.273. The summed E-state index contributed by atoms with van der Waals surface area (Å²) < 4.78 is 76.4. The van der Waals surface area contributed by atoms with E-state index in [0.717, 1.165) is 12.1 Å². The number of rotatable bonds is 2. The highest BCUT2D eigenvalue weighted by molar-refractivity contribution is 6.29. The van der Waals surface area contributed by atoms with E-state index in [-0.39, 0.29) is 5.15 Å². The van der Waals surface area contributed by atoms with Crippen LogP contribution in [0.4, 0.5) is 26.3 Å². The van der Waals surface area contributed by atoms with Crippen LogP contribution in [0.3, 0.4) is 0 Å². The first-order chi connectivity index (χ1) is 7.60. The molecule has 0 aliphatic carbocycles. The number of aromatic nitrogens is 1. The topological polar surface area (TPSA) is 22.1 Å². The van der Waals surface area contributed by atoms with Gasteiger partial charge in [0.25, 0.3) is 6.10 Å². The summed E-state index contributed by atoms with van der Waals surface area (Å²) in [5.41, 5.74) is 0. The lowest BCUT2D eigenvalue weighted by molar-refractivity contribution is -0.300. The number of hydrogen-bond acceptors (Lipinski definition) is 2. The van der Waals surface area contributed by atoms with E-state index in [1.807, 2.05) is 0 Å². The zero-order chi connectivity index (χ0) is 13.3. The van der Waals surface area contributed by atoms with Gasteiger partial charge < -0.3 is 4.74 Å². The third-order valence-corrected chi connectivity index (χ3v) is 1.73. The smallest absolute Gasteiger partial charge is 0.434 e. The molecule has 1 aromatic rings. The largest absolute Gasteiger partial charge is 0.455 e. The molecule has 0 atom stereocenters. The minimum atomic E-state index is -5.58. The number of nitrogens with zero attached hydrogens (tertiary/aromatic N) is 1. The minimum absolute atomic E-state index is 0.273. The van der Waals surface area contributed by atoms with Gasteiger partial charge in [-0.2, -0.15) is 26.3 Å². The Morgan fingerprint density at radius 3 is 2.00 bits per heavy atom. The second kappa shape index (κ2) is 4.59. The monoisotopic (exact) mass is 279 g/mol. The molecule has 0 bridgehead atoms. The van der Waals surface area contributed by atoms with E-state index in [1.165, 1.54) is 6.07 Å². The van der Waals surface area contributed by atoms with Crippen LogP contribution in [0.25, 0.3) is 0 Å². The van der Waals surface area contributed by atoms with Crippen LogP contribution >= 0.6 is 11.6 Å². The Kier molecular flexibility index (Phi) is 3.75. The van der Waals surface area contributed by atoms with Crippen LogP contribution in [0.1, 0.15) is 0 Å². The van der Waals surface area contributed by atoms with Crippen LogP contribution in [-0.4, -0.2) is 23.4 Å². The Bertz CT molecular complexity index is 376. The molecular weight excluding hydrogens is 276 g/mol. The fraction of sp³-hybridized carbons (Fsp3) is 0.375. The molecule has 0 saturated carbocycles. The summed E-state index contributed by atoms with van der Waals surface area (Å²) in [5.74, 6) is -0.850. The Morgan fingerprint density at radius 1 is 1.06 bits per heavy atom. The summed E-state index contributed by atoms with van der Waals surface area (Å²) in [4.78, 5) is 3.18. The number of ether oxygens (including phenoxy) is 1. The van der Waals surface area contributed by atoms with Crippen molar-refractivity contribution < 1.29 is 31.1 Å². The lowest BCUT2D eigenvalue weighted by atomic mass is 10.3. The number of alkyl halides is 6. The Balaban J connectivity index is 2.96. The van der Waals surface area contributed by atoms with Gasteiger partial charge in [-0.25, -0.2) is 4.98 Å². The molecule has 9 heteroatoms. The van der Waals surface area contributed by atoms with Crippen molar-refractivity contribution in [2.24, 2.45) is 0 Å². The van der Waals surface area contributed by atoms with Gasteiger partial charge >= 0.3 is 12.4 Å².